The molecule has 0 radical (unpaired) electrons. The number of aromatic amines is 1. The first-order valence-electron chi connectivity index (χ1n) is 6.35. The lowest BCUT2D eigenvalue weighted by atomic mass is 10.1. The van der Waals surface area contributed by atoms with Crippen LogP contribution in [0.1, 0.15) is 16.1 Å². The zero-order chi connectivity index (χ0) is 15.2. The number of benzene rings is 1. The largest absolute Gasteiger partial charge is 0.496 e. The van der Waals surface area contributed by atoms with Crippen molar-refractivity contribution in [3.8, 4) is 17.2 Å². The second-order valence-corrected chi connectivity index (χ2v) is 4.23. The van der Waals surface area contributed by atoms with Gasteiger partial charge in [0.15, 0.2) is 11.5 Å². The van der Waals surface area contributed by atoms with E-state index in [0.29, 0.717) is 22.9 Å². The number of carbonyl (C=O) groups is 1. The minimum absolute atomic E-state index is 0.114. The highest BCUT2D eigenvalue weighted by atomic mass is 16.5. The molecule has 0 saturated heterocycles. The highest BCUT2D eigenvalue weighted by Gasteiger charge is 2.10. The molecule has 21 heavy (non-hydrogen) atoms. The summed E-state index contributed by atoms with van der Waals surface area (Å²) in [5, 5.41) is 0. The number of ether oxygens (including phenoxy) is 3. The average molecular weight is 287 g/mol. The van der Waals surface area contributed by atoms with Crippen LogP contribution in [-0.4, -0.2) is 32.1 Å². The van der Waals surface area contributed by atoms with Crippen LogP contribution >= 0.6 is 0 Å². The maximum atomic E-state index is 11.9. The van der Waals surface area contributed by atoms with Crippen LogP contribution < -0.4 is 14.2 Å². The number of nitrogens with one attached hydrogen (secondary N) is 1. The zero-order valence-corrected chi connectivity index (χ0v) is 12.2. The first-order valence-corrected chi connectivity index (χ1v) is 6.35. The van der Waals surface area contributed by atoms with E-state index >= 15 is 0 Å². The summed E-state index contributed by atoms with van der Waals surface area (Å²) in [5.74, 6) is 1.63. The second kappa shape index (κ2) is 6.65. The van der Waals surface area contributed by atoms with Crippen molar-refractivity contribution < 1.29 is 19.0 Å². The summed E-state index contributed by atoms with van der Waals surface area (Å²) in [6.07, 6.45) is 4.87. The van der Waals surface area contributed by atoms with E-state index in [1.807, 2.05) is 0 Å². The van der Waals surface area contributed by atoms with Gasteiger partial charge in [0.25, 0.3) is 0 Å². The van der Waals surface area contributed by atoms with Gasteiger partial charge < -0.3 is 19.2 Å². The van der Waals surface area contributed by atoms with Crippen molar-refractivity contribution in [3.05, 3.63) is 47.8 Å². The Hall–Kier alpha value is -2.69. The monoisotopic (exact) mass is 287 g/mol. The SMILES string of the molecule is COc1cc(OC)c(OC)cc1C=CC(=O)c1ccc[nH]1. The number of carbonyl (C=O) groups excluding carboxylic acids is 1. The number of allylic oxidation sites excluding steroid dienone is 1. The van der Waals surface area contributed by atoms with Gasteiger partial charge in [-0.15, -0.1) is 0 Å². The molecule has 0 fully saturated rings. The van der Waals surface area contributed by atoms with Gasteiger partial charge in [0.2, 0.25) is 5.78 Å². The van der Waals surface area contributed by atoms with Crippen LogP contribution in [0, 0.1) is 0 Å². The molecule has 0 amide bonds. The molecule has 2 rings (SSSR count). The number of aromatic nitrogens is 1. The lowest BCUT2D eigenvalue weighted by molar-refractivity contribution is 0.104. The van der Waals surface area contributed by atoms with Crippen molar-refractivity contribution >= 4 is 11.9 Å². The van der Waals surface area contributed by atoms with E-state index in [1.54, 1.807) is 57.9 Å². The predicted octanol–water partition coefficient (Wildman–Crippen LogP) is 2.94. The van der Waals surface area contributed by atoms with Gasteiger partial charge in [-0.2, -0.15) is 0 Å². The molecule has 1 N–H and O–H groups in total. The van der Waals surface area contributed by atoms with Crippen LogP contribution in [-0.2, 0) is 0 Å². The molecule has 0 aliphatic carbocycles. The normalized spacial score (nSPS) is 10.6. The minimum Gasteiger partial charge on any atom is -0.496 e. The van der Waals surface area contributed by atoms with Gasteiger partial charge >= 0.3 is 0 Å². The maximum absolute atomic E-state index is 11.9. The molecule has 0 unspecified atom stereocenters. The highest BCUT2D eigenvalue weighted by molar-refractivity contribution is 6.05. The summed E-state index contributed by atoms with van der Waals surface area (Å²) in [4.78, 5) is 14.8. The van der Waals surface area contributed by atoms with Crippen LogP contribution in [0.3, 0.4) is 0 Å². The smallest absolute Gasteiger partial charge is 0.201 e. The third-order valence-corrected chi connectivity index (χ3v) is 3.01. The third kappa shape index (κ3) is 3.25. The summed E-state index contributed by atoms with van der Waals surface area (Å²) in [6, 6.07) is 6.98. The molecule has 2 aromatic rings. The molecular formula is C16H17NO4. The van der Waals surface area contributed by atoms with Crippen LogP contribution in [0.15, 0.2) is 36.5 Å². The topological polar surface area (TPSA) is 60.6 Å². The molecule has 0 bridgehead atoms. The molecule has 1 heterocycles. The summed E-state index contributed by atoms with van der Waals surface area (Å²) in [6.45, 7) is 0. The van der Waals surface area contributed by atoms with Crippen LogP contribution in [0.5, 0.6) is 17.2 Å². The van der Waals surface area contributed by atoms with Crippen LogP contribution in [0.4, 0.5) is 0 Å². The Balaban J connectivity index is 2.32. The molecule has 1 aromatic carbocycles. The quantitative estimate of drug-likeness (QED) is 0.655. The van der Waals surface area contributed by atoms with E-state index in [-0.39, 0.29) is 5.78 Å². The minimum atomic E-state index is -0.114. The van der Waals surface area contributed by atoms with Crippen molar-refractivity contribution in [3.63, 3.8) is 0 Å². The molecule has 1 aromatic heterocycles. The Morgan fingerprint density at radius 3 is 2.29 bits per heavy atom. The van der Waals surface area contributed by atoms with E-state index in [4.69, 9.17) is 14.2 Å². The fraction of sp³-hybridized carbons (Fsp3) is 0.188. The Kier molecular flexibility index (Phi) is 4.66. The fourth-order valence-corrected chi connectivity index (χ4v) is 1.92. The van der Waals surface area contributed by atoms with Crippen molar-refractivity contribution in [2.75, 3.05) is 21.3 Å². The lowest BCUT2D eigenvalue weighted by Gasteiger charge is -2.12. The van der Waals surface area contributed by atoms with E-state index in [2.05, 4.69) is 4.98 Å². The predicted molar refractivity (Wildman–Crippen MR) is 80.3 cm³/mol. The number of hydrogen-bond acceptors (Lipinski definition) is 4. The molecule has 5 heteroatoms. The Labute approximate surface area is 123 Å². The van der Waals surface area contributed by atoms with E-state index in [0.717, 1.165) is 5.56 Å². The number of rotatable bonds is 6. The van der Waals surface area contributed by atoms with Gasteiger partial charge in [0.05, 0.1) is 27.0 Å². The molecule has 0 saturated carbocycles. The van der Waals surface area contributed by atoms with Gasteiger partial charge in [-0.25, -0.2) is 0 Å². The average Bonchev–Trinajstić information content (AvgIpc) is 3.06. The summed E-state index contributed by atoms with van der Waals surface area (Å²) in [7, 11) is 4.68. The lowest BCUT2D eigenvalue weighted by Crippen LogP contribution is -1.96. The van der Waals surface area contributed by atoms with Gasteiger partial charge in [-0.05, 0) is 30.4 Å². The Bertz CT molecular complexity index is 645. The van der Waals surface area contributed by atoms with Crippen molar-refractivity contribution in [1.82, 2.24) is 4.98 Å². The van der Waals surface area contributed by atoms with E-state index < -0.39 is 0 Å². The number of H-pyrrole nitrogens is 1. The Morgan fingerprint density at radius 1 is 1.05 bits per heavy atom. The van der Waals surface area contributed by atoms with Crippen molar-refractivity contribution in [2.45, 2.75) is 0 Å². The van der Waals surface area contributed by atoms with Gasteiger partial charge in [0, 0.05) is 17.8 Å². The van der Waals surface area contributed by atoms with Gasteiger partial charge in [0.1, 0.15) is 5.75 Å². The van der Waals surface area contributed by atoms with Crippen molar-refractivity contribution in [2.24, 2.45) is 0 Å². The molecule has 0 aliphatic rings. The van der Waals surface area contributed by atoms with Gasteiger partial charge in [-0.1, -0.05) is 0 Å². The number of methoxy groups -OCH3 is 3. The Morgan fingerprint density at radius 2 is 1.71 bits per heavy atom. The molecule has 0 spiro atoms. The molecule has 5 nitrogen and oxygen atoms in total. The molecule has 110 valence electrons. The molecular weight excluding hydrogens is 270 g/mol. The van der Waals surface area contributed by atoms with E-state index in [1.165, 1.54) is 6.08 Å². The highest BCUT2D eigenvalue weighted by Crippen LogP contribution is 2.35. The zero-order valence-electron chi connectivity index (χ0n) is 12.2. The summed E-state index contributed by atoms with van der Waals surface area (Å²) >= 11 is 0. The molecule has 0 atom stereocenters. The second-order valence-electron chi connectivity index (χ2n) is 4.23. The molecule has 0 aliphatic heterocycles. The van der Waals surface area contributed by atoms with E-state index in [9.17, 15) is 4.79 Å². The van der Waals surface area contributed by atoms with Crippen LogP contribution in [0.25, 0.3) is 6.08 Å². The maximum Gasteiger partial charge on any atom is 0.201 e. The van der Waals surface area contributed by atoms with Crippen LogP contribution in [0.2, 0.25) is 0 Å². The van der Waals surface area contributed by atoms with Gasteiger partial charge in [-0.3, -0.25) is 4.79 Å². The summed E-state index contributed by atoms with van der Waals surface area (Å²) < 4.78 is 15.8. The standard InChI is InChI=1S/C16H17NO4/c1-19-14-10-16(21-3)15(20-2)9-11(14)6-7-13(18)12-5-4-8-17-12/h4-10,17H,1-3H3. The number of ketones is 1. The third-order valence-electron chi connectivity index (χ3n) is 3.01. The fourth-order valence-electron chi connectivity index (χ4n) is 1.92. The first-order chi connectivity index (χ1) is 10.2. The summed E-state index contributed by atoms with van der Waals surface area (Å²) in [5.41, 5.74) is 1.26. The first kappa shape index (κ1) is 14.7. The number of hydrogen-bond donors (Lipinski definition) is 1. The van der Waals surface area contributed by atoms with Crippen molar-refractivity contribution in [1.29, 1.82) is 0 Å².